The molecule has 0 aliphatic rings. The third-order valence-corrected chi connectivity index (χ3v) is 6.43. The van der Waals surface area contributed by atoms with E-state index in [2.05, 4.69) is 72.8 Å². The molecular formula is C21H21OP. The molecule has 3 aromatic carbocycles. The molecule has 3 aromatic rings. The Morgan fingerprint density at radius 2 is 1.22 bits per heavy atom. The molecule has 0 heterocycles. The first-order valence-electron chi connectivity index (χ1n) is 7.87. The molecule has 0 radical (unpaired) electrons. The summed E-state index contributed by atoms with van der Waals surface area (Å²) < 4.78 is 5.24. The molecule has 3 rings (SSSR count). The Balaban J connectivity index is 1.79. The maximum absolute atomic E-state index is 5.24. The lowest BCUT2D eigenvalue weighted by molar-refractivity contribution is 0.414. The van der Waals surface area contributed by atoms with Crippen LogP contribution < -0.4 is 15.3 Å². The number of rotatable bonds is 6. The van der Waals surface area contributed by atoms with Crippen molar-refractivity contribution in [2.45, 2.75) is 6.42 Å². The van der Waals surface area contributed by atoms with Crippen LogP contribution in [0.25, 0.3) is 0 Å². The summed E-state index contributed by atoms with van der Waals surface area (Å²) >= 11 is 0. The normalized spacial score (nSPS) is 10.7. The highest BCUT2D eigenvalue weighted by atomic mass is 31.1. The largest absolute Gasteiger partial charge is 0.497 e. The topological polar surface area (TPSA) is 9.23 Å². The van der Waals surface area contributed by atoms with Crippen LogP contribution in [0.1, 0.15) is 5.56 Å². The summed E-state index contributed by atoms with van der Waals surface area (Å²) in [5, 5.41) is 2.89. The van der Waals surface area contributed by atoms with Gasteiger partial charge in [-0.25, -0.2) is 0 Å². The van der Waals surface area contributed by atoms with Crippen molar-refractivity contribution in [2.24, 2.45) is 0 Å². The smallest absolute Gasteiger partial charge is 0.118 e. The van der Waals surface area contributed by atoms with E-state index in [1.54, 1.807) is 7.11 Å². The predicted octanol–water partition coefficient (Wildman–Crippen LogP) is 4.37. The Hall–Kier alpha value is -2.11. The zero-order chi connectivity index (χ0) is 15.9. The summed E-state index contributed by atoms with van der Waals surface area (Å²) in [6.45, 7) is 0. The molecule has 0 bridgehead atoms. The number of methoxy groups -OCH3 is 1. The fourth-order valence-corrected chi connectivity index (χ4v) is 5.02. The fraction of sp³-hybridized carbons (Fsp3) is 0.143. The third kappa shape index (κ3) is 4.21. The van der Waals surface area contributed by atoms with E-state index in [-0.39, 0.29) is 7.92 Å². The Morgan fingerprint density at radius 3 is 1.70 bits per heavy atom. The maximum atomic E-state index is 5.24. The molecule has 0 saturated carbocycles. The number of hydrogen-bond donors (Lipinski definition) is 0. The molecule has 0 unspecified atom stereocenters. The van der Waals surface area contributed by atoms with Gasteiger partial charge >= 0.3 is 0 Å². The van der Waals surface area contributed by atoms with Gasteiger partial charge in [0.25, 0.3) is 0 Å². The van der Waals surface area contributed by atoms with Gasteiger partial charge in [-0.2, -0.15) is 0 Å². The maximum Gasteiger partial charge on any atom is 0.118 e. The average molecular weight is 320 g/mol. The quantitative estimate of drug-likeness (QED) is 0.613. The van der Waals surface area contributed by atoms with Crippen molar-refractivity contribution >= 4 is 18.5 Å². The van der Waals surface area contributed by atoms with Gasteiger partial charge in [0.15, 0.2) is 0 Å². The van der Waals surface area contributed by atoms with Crippen molar-refractivity contribution in [3.05, 3.63) is 90.5 Å². The second-order valence-corrected chi connectivity index (χ2v) is 7.76. The molecule has 2 heteroatoms. The van der Waals surface area contributed by atoms with Crippen molar-refractivity contribution in [3.8, 4) is 5.75 Å². The number of hydrogen-bond acceptors (Lipinski definition) is 1. The lowest BCUT2D eigenvalue weighted by Gasteiger charge is -2.18. The molecule has 0 aliphatic heterocycles. The zero-order valence-corrected chi connectivity index (χ0v) is 14.2. The third-order valence-electron chi connectivity index (χ3n) is 3.92. The SMILES string of the molecule is COc1ccc(CCP(c2ccccc2)c2ccccc2)cc1. The minimum Gasteiger partial charge on any atom is -0.497 e. The molecule has 0 aromatic heterocycles. The molecule has 23 heavy (non-hydrogen) atoms. The van der Waals surface area contributed by atoms with Crippen LogP contribution >= 0.6 is 7.92 Å². The number of benzene rings is 3. The molecule has 0 N–H and O–H groups in total. The van der Waals surface area contributed by atoms with E-state index in [1.165, 1.54) is 16.2 Å². The van der Waals surface area contributed by atoms with Gasteiger partial charge in [-0.1, -0.05) is 72.8 Å². The second-order valence-electron chi connectivity index (χ2n) is 5.42. The average Bonchev–Trinajstić information content (AvgIpc) is 2.64. The summed E-state index contributed by atoms with van der Waals surface area (Å²) in [7, 11) is 1.39. The summed E-state index contributed by atoms with van der Waals surface area (Å²) in [6, 6.07) is 30.2. The highest BCUT2D eigenvalue weighted by Gasteiger charge is 2.13. The minimum absolute atomic E-state index is 0.317. The van der Waals surface area contributed by atoms with Gasteiger partial charge in [-0.3, -0.25) is 0 Å². The Morgan fingerprint density at radius 1 is 0.696 bits per heavy atom. The van der Waals surface area contributed by atoms with Crippen LogP contribution in [-0.2, 0) is 6.42 Å². The Labute approximate surface area is 139 Å². The highest BCUT2D eigenvalue weighted by Crippen LogP contribution is 2.34. The van der Waals surface area contributed by atoms with Gasteiger partial charge in [0.2, 0.25) is 0 Å². The van der Waals surface area contributed by atoms with Gasteiger partial charge in [0, 0.05) is 0 Å². The van der Waals surface area contributed by atoms with Crippen molar-refractivity contribution in [1.82, 2.24) is 0 Å². The van der Waals surface area contributed by atoms with Crippen LogP contribution in [0.15, 0.2) is 84.9 Å². The summed E-state index contributed by atoms with van der Waals surface area (Å²) in [4.78, 5) is 0. The van der Waals surface area contributed by atoms with Crippen LogP contribution in [0.4, 0.5) is 0 Å². The fourth-order valence-electron chi connectivity index (χ4n) is 2.66. The van der Waals surface area contributed by atoms with Crippen molar-refractivity contribution in [3.63, 3.8) is 0 Å². The summed E-state index contributed by atoms with van der Waals surface area (Å²) in [5.74, 6) is 0.919. The van der Waals surface area contributed by atoms with Crippen molar-refractivity contribution in [1.29, 1.82) is 0 Å². The first-order chi connectivity index (χ1) is 11.4. The van der Waals surface area contributed by atoms with Gasteiger partial charge in [-0.15, -0.1) is 0 Å². The standard InChI is InChI=1S/C21H21OP/c1-22-19-14-12-18(13-15-19)16-17-23(20-8-4-2-5-9-20)21-10-6-3-7-11-21/h2-15H,16-17H2,1H3. The molecule has 1 nitrogen and oxygen atoms in total. The van der Waals surface area contributed by atoms with E-state index >= 15 is 0 Å². The predicted molar refractivity (Wildman–Crippen MR) is 101 cm³/mol. The molecule has 0 aliphatic carbocycles. The van der Waals surface area contributed by atoms with Gasteiger partial charge in [0.05, 0.1) is 7.11 Å². The van der Waals surface area contributed by atoms with Crippen LogP contribution in [0.5, 0.6) is 5.75 Å². The van der Waals surface area contributed by atoms with Gasteiger partial charge in [0.1, 0.15) is 5.75 Å². The van der Waals surface area contributed by atoms with E-state index in [9.17, 15) is 0 Å². The van der Waals surface area contributed by atoms with Crippen LogP contribution in [0, 0.1) is 0 Å². The lowest BCUT2D eigenvalue weighted by atomic mass is 10.2. The molecule has 0 saturated heterocycles. The van der Waals surface area contributed by atoms with Gasteiger partial charge in [-0.05, 0) is 48.8 Å². The van der Waals surface area contributed by atoms with Crippen molar-refractivity contribution in [2.75, 3.05) is 13.3 Å². The zero-order valence-electron chi connectivity index (χ0n) is 13.4. The Kier molecular flexibility index (Phi) is 5.45. The van der Waals surface area contributed by atoms with E-state index in [1.807, 2.05) is 12.1 Å². The summed E-state index contributed by atoms with van der Waals surface area (Å²) in [5.41, 5.74) is 1.37. The molecular weight excluding hydrogens is 299 g/mol. The Bertz CT molecular complexity index is 668. The minimum atomic E-state index is -0.317. The van der Waals surface area contributed by atoms with Crippen LogP contribution in [-0.4, -0.2) is 13.3 Å². The first-order valence-corrected chi connectivity index (χ1v) is 9.40. The molecule has 0 atom stereocenters. The molecule has 116 valence electrons. The number of ether oxygens (including phenoxy) is 1. The second kappa shape index (κ2) is 7.94. The monoisotopic (exact) mass is 320 g/mol. The van der Waals surface area contributed by atoms with E-state index in [0.29, 0.717) is 0 Å². The molecule has 0 spiro atoms. The lowest BCUT2D eigenvalue weighted by Crippen LogP contribution is -2.14. The van der Waals surface area contributed by atoms with Crippen molar-refractivity contribution < 1.29 is 4.74 Å². The van der Waals surface area contributed by atoms with E-state index in [0.717, 1.165) is 18.3 Å². The number of aryl methyl sites for hydroxylation is 1. The van der Waals surface area contributed by atoms with Crippen LogP contribution in [0.2, 0.25) is 0 Å². The van der Waals surface area contributed by atoms with E-state index < -0.39 is 0 Å². The van der Waals surface area contributed by atoms with E-state index in [4.69, 9.17) is 4.74 Å². The molecule has 0 amide bonds. The van der Waals surface area contributed by atoms with Crippen LogP contribution in [0.3, 0.4) is 0 Å². The first kappa shape index (κ1) is 15.8. The summed E-state index contributed by atoms with van der Waals surface area (Å²) in [6.07, 6.45) is 2.25. The van der Waals surface area contributed by atoms with Gasteiger partial charge < -0.3 is 4.74 Å². The highest BCUT2D eigenvalue weighted by molar-refractivity contribution is 7.73. The molecule has 0 fully saturated rings.